The lowest BCUT2D eigenvalue weighted by molar-refractivity contribution is 0.932. The van der Waals surface area contributed by atoms with Gasteiger partial charge in [0.25, 0.3) is 0 Å². The third-order valence-electron chi connectivity index (χ3n) is 3.46. The molecule has 1 heterocycles. The standard InChI is InChI=1S/C15H18N4/c1-2-14-18-13(16)9-15(19-14)17-12-8-11(12)10-6-4-3-5-7-10/h3-7,9,11-12H,2,8H2,1H3,(H3,16,17,18,19). The van der Waals surface area contributed by atoms with Crippen LogP contribution in [0, 0.1) is 0 Å². The molecule has 0 radical (unpaired) electrons. The molecule has 1 aromatic carbocycles. The smallest absolute Gasteiger partial charge is 0.132 e. The number of aromatic nitrogens is 2. The van der Waals surface area contributed by atoms with Gasteiger partial charge in [0.1, 0.15) is 17.5 Å². The zero-order chi connectivity index (χ0) is 13.2. The number of aryl methyl sites for hydroxylation is 1. The number of rotatable bonds is 4. The second-order valence-corrected chi connectivity index (χ2v) is 4.95. The summed E-state index contributed by atoms with van der Waals surface area (Å²) in [6.07, 6.45) is 1.95. The molecule has 3 rings (SSSR count). The van der Waals surface area contributed by atoms with Crippen molar-refractivity contribution in [3.05, 3.63) is 47.8 Å². The molecule has 0 amide bonds. The molecule has 1 fully saturated rings. The van der Waals surface area contributed by atoms with Crippen molar-refractivity contribution in [2.24, 2.45) is 0 Å². The minimum absolute atomic E-state index is 0.460. The van der Waals surface area contributed by atoms with Crippen molar-refractivity contribution in [1.29, 1.82) is 0 Å². The van der Waals surface area contributed by atoms with Crippen molar-refractivity contribution in [2.45, 2.75) is 31.7 Å². The lowest BCUT2D eigenvalue weighted by atomic mass is 10.1. The van der Waals surface area contributed by atoms with Crippen molar-refractivity contribution in [2.75, 3.05) is 11.1 Å². The van der Waals surface area contributed by atoms with E-state index in [0.717, 1.165) is 24.5 Å². The lowest BCUT2D eigenvalue weighted by Gasteiger charge is -2.07. The Morgan fingerprint density at radius 2 is 2.05 bits per heavy atom. The van der Waals surface area contributed by atoms with E-state index in [9.17, 15) is 0 Å². The maximum absolute atomic E-state index is 5.79. The van der Waals surface area contributed by atoms with E-state index in [1.165, 1.54) is 5.56 Å². The Hall–Kier alpha value is -2.10. The molecule has 0 spiro atoms. The summed E-state index contributed by atoms with van der Waals surface area (Å²) in [5.41, 5.74) is 7.17. The van der Waals surface area contributed by atoms with Gasteiger partial charge in [-0.2, -0.15) is 0 Å². The lowest BCUT2D eigenvalue weighted by Crippen LogP contribution is -2.09. The Kier molecular flexibility index (Phi) is 3.07. The minimum Gasteiger partial charge on any atom is -0.384 e. The second kappa shape index (κ2) is 4.88. The maximum Gasteiger partial charge on any atom is 0.132 e. The molecule has 2 aromatic rings. The van der Waals surface area contributed by atoms with Crippen molar-refractivity contribution in [3.63, 3.8) is 0 Å². The van der Waals surface area contributed by atoms with Crippen molar-refractivity contribution in [1.82, 2.24) is 9.97 Å². The number of benzene rings is 1. The summed E-state index contributed by atoms with van der Waals surface area (Å²) < 4.78 is 0. The zero-order valence-corrected chi connectivity index (χ0v) is 11.0. The predicted octanol–water partition coefficient (Wildman–Crippen LogP) is 2.59. The van der Waals surface area contributed by atoms with E-state index in [1.54, 1.807) is 6.07 Å². The molecule has 0 saturated heterocycles. The second-order valence-electron chi connectivity index (χ2n) is 4.95. The van der Waals surface area contributed by atoms with E-state index >= 15 is 0 Å². The molecular weight excluding hydrogens is 236 g/mol. The highest BCUT2D eigenvalue weighted by Gasteiger charge is 2.38. The Morgan fingerprint density at radius 1 is 1.26 bits per heavy atom. The molecule has 19 heavy (non-hydrogen) atoms. The molecule has 1 aliphatic carbocycles. The van der Waals surface area contributed by atoms with Crippen LogP contribution in [-0.4, -0.2) is 16.0 Å². The number of hydrogen-bond acceptors (Lipinski definition) is 4. The van der Waals surface area contributed by atoms with Gasteiger partial charge in [-0.25, -0.2) is 9.97 Å². The van der Waals surface area contributed by atoms with E-state index < -0.39 is 0 Å². The molecule has 2 atom stereocenters. The molecular formula is C15H18N4. The normalized spacial score (nSPS) is 21.1. The molecule has 1 saturated carbocycles. The fourth-order valence-electron chi connectivity index (χ4n) is 2.36. The first-order chi connectivity index (χ1) is 9.26. The first-order valence-electron chi connectivity index (χ1n) is 6.71. The van der Waals surface area contributed by atoms with E-state index in [-0.39, 0.29) is 0 Å². The summed E-state index contributed by atoms with van der Waals surface area (Å²) in [6.45, 7) is 2.03. The monoisotopic (exact) mass is 254 g/mol. The summed E-state index contributed by atoms with van der Waals surface area (Å²) in [4.78, 5) is 8.64. The first-order valence-corrected chi connectivity index (χ1v) is 6.71. The van der Waals surface area contributed by atoms with Gasteiger partial charge in [0, 0.05) is 24.4 Å². The van der Waals surface area contributed by atoms with Crippen LogP contribution >= 0.6 is 0 Å². The van der Waals surface area contributed by atoms with Gasteiger partial charge in [0.05, 0.1) is 0 Å². The quantitative estimate of drug-likeness (QED) is 0.880. The molecule has 4 heteroatoms. The zero-order valence-electron chi connectivity index (χ0n) is 11.0. The van der Waals surface area contributed by atoms with Gasteiger partial charge in [-0.05, 0) is 12.0 Å². The highest BCUT2D eigenvalue weighted by atomic mass is 15.1. The summed E-state index contributed by atoms with van der Waals surface area (Å²) >= 11 is 0. The van der Waals surface area contributed by atoms with Crippen LogP contribution in [0.1, 0.15) is 30.7 Å². The first kappa shape index (κ1) is 12.0. The average molecular weight is 254 g/mol. The van der Waals surface area contributed by atoms with Gasteiger partial charge in [-0.15, -0.1) is 0 Å². The van der Waals surface area contributed by atoms with Crippen LogP contribution in [0.15, 0.2) is 36.4 Å². The Balaban J connectivity index is 1.69. The molecule has 0 aliphatic heterocycles. The average Bonchev–Trinajstić information content (AvgIpc) is 3.18. The van der Waals surface area contributed by atoms with Crippen LogP contribution in [0.3, 0.4) is 0 Å². The highest BCUT2D eigenvalue weighted by molar-refractivity contribution is 5.48. The van der Waals surface area contributed by atoms with E-state index in [4.69, 9.17) is 5.73 Å². The van der Waals surface area contributed by atoms with E-state index in [2.05, 4.69) is 39.6 Å². The molecule has 0 bridgehead atoms. The van der Waals surface area contributed by atoms with Gasteiger partial charge in [-0.3, -0.25) is 0 Å². The van der Waals surface area contributed by atoms with Crippen molar-refractivity contribution >= 4 is 11.6 Å². The van der Waals surface area contributed by atoms with Crippen LogP contribution < -0.4 is 11.1 Å². The van der Waals surface area contributed by atoms with Crippen LogP contribution in [0.2, 0.25) is 0 Å². The van der Waals surface area contributed by atoms with E-state index in [1.807, 2.05) is 13.0 Å². The van der Waals surface area contributed by atoms with Crippen molar-refractivity contribution in [3.8, 4) is 0 Å². The molecule has 2 unspecified atom stereocenters. The van der Waals surface area contributed by atoms with E-state index in [0.29, 0.717) is 17.8 Å². The third-order valence-corrected chi connectivity index (χ3v) is 3.46. The van der Waals surface area contributed by atoms with Gasteiger partial charge >= 0.3 is 0 Å². The van der Waals surface area contributed by atoms with Crippen LogP contribution in [-0.2, 0) is 6.42 Å². The highest BCUT2D eigenvalue weighted by Crippen LogP contribution is 2.42. The molecule has 3 N–H and O–H groups in total. The molecule has 1 aliphatic rings. The molecule has 98 valence electrons. The number of nitrogens with one attached hydrogen (secondary N) is 1. The fraction of sp³-hybridized carbons (Fsp3) is 0.333. The Bertz CT molecular complexity index is 568. The van der Waals surface area contributed by atoms with Crippen LogP contribution in [0.4, 0.5) is 11.6 Å². The van der Waals surface area contributed by atoms with Gasteiger partial charge in [-0.1, -0.05) is 37.3 Å². The maximum atomic E-state index is 5.79. The Morgan fingerprint density at radius 3 is 2.79 bits per heavy atom. The number of hydrogen-bond donors (Lipinski definition) is 2. The molecule has 1 aromatic heterocycles. The SMILES string of the molecule is CCc1nc(N)cc(NC2CC2c2ccccc2)n1. The van der Waals surface area contributed by atoms with Gasteiger partial charge in [0.2, 0.25) is 0 Å². The number of nitrogens with two attached hydrogens (primary N) is 1. The summed E-state index contributed by atoms with van der Waals surface area (Å²) in [7, 11) is 0. The summed E-state index contributed by atoms with van der Waals surface area (Å²) in [6, 6.07) is 12.8. The topological polar surface area (TPSA) is 63.8 Å². The van der Waals surface area contributed by atoms with Gasteiger partial charge < -0.3 is 11.1 Å². The summed E-state index contributed by atoms with van der Waals surface area (Å²) in [5.74, 6) is 2.75. The third kappa shape index (κ3) is 2.67. The molecule has 4 nitrogen and oxygen atoms in total. The predicted molar refractivity (Wildman–Crippen MR) is 77.0 cm³/mol. The minimum atomic E-state index is 0.460. The van der Waals surface area contributed by atoms with Gasteiger partial charge in [0.15, 0.2) is 0 Å². The van der Waals surface area contributed by atoms with Crippen LogP contribution in [0.25, 0.3) is 0 Å². The number of anilines is 2. The summed E-state index contributed by atoms with van der Waals surface area (Å²) in [5, 5.41) is 3.45. The number of nitrogens with zero attached hydrogens (tertiary/aromatic N) is 2. The fourth-order valence-corrected chi connectivity index (χ4v) is 2.36. The van der Waals surface area contributed by atoms with Crippen LogP contribution in [0.5, 0.6) is 0 Å². The number of nitrogen functional groups attached to an aromatic ring is 1. The van der Waals surface area contributed by atoms with Crippen molar-refractivity contribution < 1.29 is 0 Å². The largest absolute Gasteiger partial charge is 0.384 e. The Labute approximate surface area is 113 Å².